The molecular formula is C23H27N3O4. The van der Waals surface area contributed by atoms with Crippen molar-refractivity contribution in [2.45, 2.75) is 19.8 Å². The fourth-order valence-corrected chi connectivity index (χ4v) is 4.01. The Morgan fingerprint density at radius 3 is 2.37 bits per heavy atom. The maximum Gasteiger partial charge on any atom is 0.272 e. The molecule has 1 saturated heterocycles. The SMILES string of the molecule is COc1cc(OC)c2cc(C(=O)Nc3ccc(N4CCCC4)cc3C)[nH]c2c1OC. The number of fused-ring (bicyclic) bond motifs is 1. The van der Waals surface area contributed by atoms with Gasteiger partial charge in [-0.05, 0) is 49.6 Å². The van der Waals surface area contributed by atoms with E-state index in [4.69, 9.17) is 14.2 Å². The van der Waals surface area contributed by atoms with Crippen molar-refractivity contribution in [3.63, 3.8) is 0 Å². The Kier molecular flexibility index (Phi) is 5.44. The molecule has 0 aliphatic carbocycles. The lowest BCUT2D eigenvalue weighted by atomic mass is 10.1. The molecule has 0 radical (unpaired) electrons. The second kappa shape index (κ2) is 8.18. The first-order valence-corrected chi connectivity index (χ1v) is 10.0. The highest BCUT2D eigenvalue weighted by Gasteiger charge is 2.20. The Morgan fingerprint density at radius 1 is 1.00 bits per heavy atom. The number of benzene rings is 2. The Hall–Kier alpha value is -3.35. The summed E-state index contributed by atoms with van der Waals surface area (Å²) in [7, 11) is 4.71. The number of methoxy groups -OCH3 is 3. The van der Waals surface area contributed by atoms with E-state index in [0.29, 0.717) is 28.5 Å². The highest BCUT2D eigenvalue weighted by Crippen LogP contribution is 2.41. The summed E-state index contributed by atoms with van der Waals surface area (Å²) in [4.78, 5) is 18.5. The third-order valence-corrected chi connectivity index (χ3v) is 5.61. The topological polar surface area (TPSA) is 75.8 Å². The first-order chi connectivity index (χ1) is 14.5. The van der Waals surface area contributed by atoms with Gasteiger partial charge in [0.15, 0.2) is 11.5 Å². The molecular weight excluding hydrogens is 382 g/mol. The lowest BCUT2D eigenvalue weighted by Gasteiger charge is -2.19. The van der Waals surface area contributed by atoms with Crippen LogP contribution in [-0.2, 0) is 0 Å². The minimum absolute atomic E-state index is 0.230. The van der Waals surface area contributed by atoms with E-state index in [9.17, 15) is 4.79 Å². The molecule has 2 heterocycles. The monoisotopic (exact) mass is 409 g/mol. The van der Waals surface area contributed by atoms with Crippen LogP contribution < -0.4 is 24.4 Å². The van der Waals surface area contributed by atoms with Crippen molar-refractivity contribution in [1.29, 1.82) is 0 Å². The number of aromatic amines is 1. The van der Waals surface area contributed by atoms with Crippen molar-refractivity contribution >= 4 is 28.2 Å². The number of H-pyrrole nitrogens is 1. The zero-order valence-electron chi connectivity index (χ0n) is 17.8. The van der Waals surface area contributed by atoms with E-state index in [0.717, 1.165) is 29.7 Å². The van der Waals surface area contributed by atoms with Gasteiger partial charge in [-0.15, -0.1) is 0 Å². The summed E-state index contributed by atoms with van der Waals surface area (Å²) in [5, 5.41) is 3.76. The van der Waals surface area contributed by atoms with Crippen LogP contribution in [0.25, 0.3) is 10.9 Å². The van der Waals surface area contributed by atoms with E-state index in [1.807, 2.05) is 13.0 Å². The summed E-state index contributed by atoms with van der Waals surface area (Å²) >= 11 is 0. The summed E-state index contributed by atoms with van der Waals surface area (Å²) < 4.78 is 16.4. The van der Waals surface area contributed by atoms with Crippen LogP contribution in [0.3, 0.4) is 0 Å². The fraction of sp³-hybridized carbons (Fsp3) is 0.348. The maximum absolute atomic E-state index is 13.0. The van der Waals surface area contributed by atoms with Crippen LogP contribution in [0.5, 0.6) is 17.2 Å². The highest BCUT2D eigenvalue weighted by atomic mass is 16.5. The number of ether oxygens (including phenoxy) is 3. The molecule has 2 aromatic carbocycles. The molecule has 30 heavy (non-hydrogen) atoms. The maximum atomic E-state index is 13.0. The van der Waals surface area contributed by atoms with Gasteiger partial charge in [0, 0.05) is 35.9 Å². The van der Waals surface area contributed by atoms with E-state index in [1.165, 1.54) is 18.5 Å². The third kappa shape index (κ3) is 3.51. The van der Waals surface area contributed by atoms with E-state index < -0.39 is 0 Å². The predicted molar refractivity (Wildman–Crippen MR) is 119 cm³/mol. The number of amides is 1. The van der Waals surface area contributed by atoms with Gasteiger partial charge >= 0.3 is 0 Å². The average molecular weight is 409 g/mol. The molecule has 4 rings (SSSR count). The number of nitrogens with zero attached hydrogens (tertiary/aromatic N) is 1. The number of hydrogen-bond donors (Lipinski definition) is 2. The number of rotatable bonds is 6. The van der Waals surface area contributed by atoms with Crippen molar-refractivity contribution in [2.24, 2.45) is 0 Å². The quantitative estimate of drug-likeness (QED) is 0.633. The van der Waals surface area contributed by atoms with Crippen LogP contribution in [0, 0.1) is 6.92 Å². The molecule has 7 heteroatoms. The lowest BCUT2D eigenvalue weighted by Crippen LogP contribution is -2.18. The predicted octanol–water partition coefficient (Wildman–Crippen LogP) is 4.35. The van der Waals surface area contributed by atoms with Crippen LogP contribution in [-0.4, -0.2) is 45.3 Å². The Balaban J connectivity index is 1.63. The van der Waals surface area contributed by atoms with Crippen molar-refractivity contribution in [3.05, 3.63) is 41.6 Å². The van der Waals surface area contributed by atoms with Gasteiger partial charge in [-0.2, -0.15) is 0 Å². The van der Waals surface area contributed by atoms with Gasteiger partial charge in [0.25, 0.3) is 5.91 Å². The number of nitrogens with one attached hydrogen (secondary N) is 2. The highest BCUT2D eigenvalue weighted by molar-refractivity contribution is 6.08. The van der Waals surface area contributed by atoms with Crippen molar-refractivity contribution in [2.75, 3.05) is 44.6 Å². The van der Waals surface area contributed by atoms with Crippen molar-refractivity contribution in [1.82, 2.24) is 4.98 Å². The van der Waals surface area contributed by atoms with Crippen molar-refractivity contribution < 1.29 is 19.0 Å². The normalized spacial score (nSPS) is 13.5. The molecule has 2 N–H and O–H groups in total. The number of aromatic nitrogens is 1. The van der Waals surface area contributed by atoms with Gasteiger partial charge in [-0.25, -0.2) is 0 Å². The van der Waals surface area contributed by atoms with E-state index in [-0.39, 0.29) is 5.91 Å². The molecule has 0 bridgehead atoms. The number of anilines is 2. The number of hydrogen-bond acceptors (Lipinski definition) is 5. The van der Waals surface area contributed by atoms with Crippen molar-refractivity contribution in [3.8, 4) is 17.2 Å². The van der Waals surface area contributed by atoms with Gasteiger partial charge in [-0.3, -0.25) is 4.79 Å². The van der Waals surface area contributed by atoms with E-state index in [1.54, 1.807) is 33.5 Å². The van der Waals surface area contributed by atoms with Crippen LogP contribution in [0.1, 0.15) is 28.9 Å². The molecule has 7 nitrogen and oxygen atoms in total. The van der Waals surface area contributed by atoms with Gasteiger partial charge in [0.05, 0.1) is 26.8 Å². The van der Waals surface area contributed by atoms with Crippen LogP contribution in [0.4, 0.5) is 11.4 Å². The van der Waals surface area contributed by atoms with E-state index in [2.05, 4.69) is 27.3 Å². The molecule has 3 aromatic rings. The second-order valence-corrected chi connectivity index (χ2v) is 7.43. The summed E-state index contributed by atoms with van der Waals surface area (Å²) in [5.41, 5.74) is 4.09. The molecule has 1 fully saturated rings. The Labute approximate surface area is 175 Å². The van der Waals surface area contributed by atoms with Crippen LogP contribution in [0.15, 0.2) is 30.3 Å². The molecule has 1 aliphatic heterocycles. The summed E-state index contributed by atoms with van der Waals surface area (Å²) in [6, 6.07) is 9.67. The minimum Gasteiger partial charge on any atom is -0.496 e. The molecule has 158 valence electrons. The molecule has 0 saturated carbocycles. The summed E-state index contributed by atoms with van der Waals surface area (Å²) in [6.45, 7) is 4.19. The fourth-order valence-electron chi connectivity index (χ4n) is 4.01. The molecule has 0 unspecified atom stereocenters. The van der Waals surface area contributed by atoms with Gasteiger partial charge in [-0.1, -0.05) is 0 Å². The molecule has 0 atom stereocenters. The number of carbonyl (C=O) groups is 1. The molecule has 1 amide bonds. The zero-order chi connectivity index (χ0) is 21.3. The standard InChI is InChI=1S/C23H27N3O4/c1-14-11-15(26-9-5-6-10-26)7-8-17(14)25-23(27)18-12-16-19(28-2)13-20(29-3)22(30-4)21(16)24-18/h7-8,11-13,24H,5-6,9-10H2,1-4H3,(H,25,27). The van der Waals surface area contributed by atoms with Crippen LogP contribution in [0.2, 0.25) is 0 Å². The zero-order valence-corrected chi connectivity index (χ0v) is 17.8. The van der Waals surface area contributed by atoms with Gasteiger partial charge in [0.2, 0.25) is 0 Å². The first-order valence-electron chi connectivity index (χ1n) is 10.0. The van der Waals surface area contributed by atoms with E-state index >= 15 is 0 Å². The first kappa shape index (κ1) is 19.9. The molecule has 0 spiro atoms. The Bertz CT molecular complexity index is 1080. The average Bonchev–Trinajstić information content (AvgIpc) is 3.44. The molecule has 1 aliphatic rings. The minimum atomic E-state index is -0.230. The van der Waals surface area contributed by atoms with Crippen LogP contribution >= 0.6 is 0 Å². The number of carbonyl (C=O) groups excluding carboxylic acids is 1. The molecule has 1 aromatic heterocycles. The lowest BCUT2D eigenvalue weighted by molar-refractivity contribution is 0.102. The smallest absolute Gasteiger partial charge is 0.272 e. The summed E-state index contributed by atoms with van der Waals surface area (Å²) in [6.07, 6.45) is 2.46. The second-order valence-electron chi connectivity index (χ2n) is 7.43. The Morgan fingerprint density at radius 2 is 1.73 bits per heavy atom. The van der Waals surface area contributed by atoms with Gasteiger partial charge in [0.1, 0.15) is 11.4 Å². The largest absolute Gasteiger partial charge is 0.496 e. The summed E-state index contributed by atoms with van der Waals surface area (Å²) in [5.74, 6) is 1.43. The number of aryl methyl sites for hydroxylation is 1. The van der Waals surface area contributed by atoms with Gasteiger partial charge < -0.3 is 29.4 Å². The third-order valence-electron chi connectivity index (χ3n) is 5.61.